The van der Waals surface area contributed by atoms with Crippen molar-refractivity contribution >= 4 is 22.5 Å². The van der Waals surface area contributed by atoms with E-state index in [1.54, 1.807) is 18.2 Å². The van der Waals surface area contributed by atoms with E-state index in [0.717, 1.165) is 12.1 Å². The summed E-state index contributed by atoms with van der Waals surface area (Å²) in [4.78, 5) is 36.2. The van der Waals surface area contributed by atoms with Crippen molar-refractivity contribution in [1.82, 2.24) is 15.3 Å². The zero-order valence-electron chi connectivity index (χ0n) is 12.8. The molecular formula is C16H18N4O3. The highest BCUT2D eigenvalue weighted by molar-refractivity contribution is 5.92. The van der Waals surface area contributed by atoms with Crippen LogP contribution >= 0.6 is 0 Å². The quantitative estimate of drug-likeness (QED) is 0.865. The van der Waals surface area contributed by atoms with Crippen LogP contribution in [0.1, 0.15) is 25.6 Å². The van der Waals surface area contributed by atoms with E-state index >= 15 is 0 Å². The number of nitrogens with zero attached hydrogens (tertiary/aromatic N) is 2. The van der Waals surface area contributed by atoms with Crippen molar-refractivity contribution < 1.29 is 9.63 Å². The van der Waals surface area contributed by atoms with Gasteiger partial charge in [-0.25, -0.2) is 4.98 Å². The molecule has 23 heavy (non-hydrogen) atoms. The minimum atomic E-state index is -0.548. The summed E-state index contributed by atoms with van der Waals surface area (Å²) in [5, 5.41) is 7.21. The summed E-state index contributed by atoms with van der Waals surface area (Å²) in [6.07, 6.45) is 1.22. The minimum absolute atomic E-state index is 0.169. The Morgan fingerprint density at radius 1 is 1.43 bits per heavy atom. The van der Waals surface area contributed by atoms with E-state index in [9.17, 15) is 9.59 Å². The van der Waals surface area contributed by atoms with Crippen LogP contribution in [-0.2, 0) is 16.1 Å². The Hall–Kier alpha value is -2.70. The minimum Gasteiger partial charge on any atom is -0.382 e. The summed E-state index contributed by atoms with van der Waals surface area (Å²) in [6, 6.07) is 7.16. The molecule has 0 fully saturated rings. The normalized spacial score (nSPS) is 16.9. The third-order valence-corrected chi connectivity index (χ3v) is 3.75. The zero-order valence-corrected chi connectivity index (χ0v) is 12.8. The van der Waals surface area contributed by atoms with Crippen LogP contribution in [0.15, 0.2) is 34.2 Å². The Morgan fingerprint density at radius 3 is 3.04 bits per heavy atom. The second-order valence-corrected chi connectivity index (χ2v) is 5.38. The van der Waals surface area contributed by atoms with Crippen LogP contribution in [0.2, 0.25) is 0 Å². The highest BCUT2D eigenvalue weighted by Gasteiger charge is 2.26. The molecule has 1 amide bonds. The van der Waals surface area contributed by atoms with Crippen molar-refractivity contribution in [1.29, 1.82) is 0 Å². The van der Waals surface area contributed by atoms with Crippen molar-refractivity contribution in [3.05, 3.63) is 40.4 Å². The molecule has 3 rings (SSSR count). The van der Waals surface area contributed by atoms with Gasteiger partial charge in [-0.15, -0.1) is 0 Å². The number of carbonyl (C=O) groups is 1. The molecule has 0 bridgehead atoms. The second kappa shape index (κ2) is 6.60. The molecule has 0 spiro atoms. The van der Waals surface area contributed by atoms with Gasteiger partial charge in [0.2, 0.25) is 6.10 Å². The van der Waals surface area contributed by atoms with Gasteiger partial charge in [0.05, 0.1) is 16.6 Å². The standard InChI is InChI=1S/C16H18N4O3/c1-2-10-9-13(23-20-10)16(22)17-8-7-14-18-12-6-4-3-5-11(12)15(21)19-14/h3-6,13H,2,7-9H2,1H3,(H,17,22)(H,18,19,21)/t13-/m1/s1. The number of rotatable bonds is 5. The first-order valence-corrected chi connectivity index (χ1v) is 7.64. The highest BCUT2D eigenvalue weighted by atomic mass is 16.6. The SMILES string of the molecule is CCC1=NO[C@@H](C(=O)NCCc2nc3ccccc3c(=O)[nH]2)C1. The van der Waals surface area contributed by atoms with Gasteiger partial charge >= 0.3 is 0 Å². The molecule has 0 radical (unpaired) electrons. The molecular weight excluding hydrogens is 296 g/mol. The molecule has 1 atom stereocenters. The van der Waals surface area contributed by atoms with Crippen molar-refractivity contribution in [3.8, 4) is 0 Å². The van der Waals surface area contributed by atoms with Crippen molar-refractivity contribution in [2.45, 2.75) is 32.3 Å². The molecule has 1 aliphatic heterocycles. The third kappa shape index (κ3) is 3.39. The Labute approximate surface area is 132 Å². The predicted molar refractivity (Wildman–Crippen MR) is 86.3 cm³/mol. The lowest BCUT2D eigenvalue weighted by atomic mass is 10.1. The maximum Gasteiger partial charge on any atom is 0.264 e. The van der Waals surface area contributed by atoms with E-state index < -0.39 is 6.10 Å². The molecule has 1 aromatic heterocycles. The number of aromatic amines is 1. The third-order valence-electron chi connectivity index (χ3n) is 3.75. The van der Waals surface area contributed by atoms with Gasteiger partial charge in [-0.1, -0.05) is 24.2 Å². The number of para-hydroxylation sites is 1. The molecule has 2 N–H and O–H groups in total. The molecule has 0 saturated heterocycles. The van der Waals surface area contributed by atoms with Crippen LogP contribution in [0.4, 0.5) is 0 Å². The van der Waals surface area contributed by atoms with Crippen molar-refractivity contribution in [3.63, 3.8) is 0 Å². The number of hydrogen-bond acceptors (Lipinski definition) is 5. The lowest BCUT2D eigenvalue weighted by molar-refractivity contribution is -0.131. The first kappa shape index (κ1) is 15.2. The average molecular weight is 314 g/mol. The zero-order chi connectivity index (χ0) is 16.2. The summed E-state index contributed by atoms with van der Waals surface area (Å²) in [5.41, 5.74) is 1.38. The maximum absolute atomic E-state index is 12.0. The maximum atomic E-state index is 12.0. The lowest BCUT2D eigenvalue weighted by Crippen LogP contribution is -2.36. The molecule has 7 heteroatoms. The fourth-order valence-corrected chi connectivity index (χ4v) is 2.45. The summed E-state index contributed by atoms with van der Waals surface area (Å²) in [5.74, 6) is 0.354. The van der Waals surface area contributed by atoms with E-state index in [4.69, 9.17) is 4.84 Å². The fraction of sp³-hybridized carbons (Fsp3) is 0.375. The second-order valence-electron chi connectivity index (χ2n) is 5.38. The molecule has 2 heterocycles. The lowest BCUT2D eigenvalue weighted by Gasteiger charge is -2.09. The number of amides is 1. The Morgan fingerprint density at radius 2 is 2.26 bits per heavy atom. The van der Waals surface area contributed by atoms with Crippen LogP contribution in [0.3, 0.4) is 0 Å². The summed E-state index contributed by atoms with van der Waals surface area (Å²) in [7, 11) is 0. The average Bonchev–Trinajstić information content (AvgIpc) is 3.04. The fourth-order valence-electron chi connectivity index (χ4n) is 2.45. The summed E-state index contributed by atoms with van der Waals surface area (Å²) in [6.45, 7) is 2.35. The molecule has 7 nitrogen and oxygen atoms in total. The van der Waals surface area contributed by atoms with Crippen LogP contribution < -0.4 is 10.9 Å². The van der Waals surface area contributed by atoms with Gasteiger partial charge in [0.25, 0.3) is 11.5 Å². The van der Waals surface area contributed by atoms with Gasteiger partial charge < -0.3 is 15.1 Å². The molecule has 2 aromatic rings. The van der Waals surface area contributed by atoms with Crippen LogP contribution in [-0.4, -0.2) is 34.2 Å². The van der Waals surface area contributed by atoms with Crippen molar-refractivity contribution in [2.75, 3.05) is 6.54 Å². The van der Waals surface area contributed by atoms with Gasteiger partial charge in [0, 0.05) is 19.4 Å². The number of aromatic nitrogens is 2. The topological polar surface area (TPSA) is 96.4 Å². The molecule has 1 aromatic carbocycles. The molecule has 120 valence electrons. The number of hydrogen-bond donors (Lipinski definition) is 2. The number of H-pyrrole nitrogens is 1. The largest absolute Gasteiger partial charge is 0.382 e. The van der Waals surface area contributed by atoms with Gasteiger partial charge in [-0.05, 0) is 18.6 Å². The van der Waals surface area contributed by atoms with E-state index in [-0.39, 0.29) is 11.5 Å². The first-order valence-electron chi connectivity index (χ1n) is 7.64. The van der Waals surface area contributed by atoms with Crippen LogP contribution in [0, 0.1) is 0 Å². The van der Waals surface area contributed by atoms with Crippen LogP contribution in [0.25, 0.3) is 10.9 Å². The summed E-state index contributed by atoms with van der Waals surface area (Å²) >= 11 is 0. The predicted octanol–water partition coefficient (Wildman–Crippen LogP) is 1.14. The Balaban J connectivity index is 1.57. The van der Waals surface area contributed by atoms with Gasteiger partial charge in [0.1, 0.15) is 5.82 Å². The number of benzene rings is 1. The van der Waals surface area contributed by atoms with Gasteiger partial charge in [-0.2, -0.15) is 0 Å². The van der Waals surface area contributed by atoms with Crippen LogP contribution in [0.5, 0.6) is 0 Å². The van der Waals surface area contributed by atoms with E-state index in [2.05, 4.69) is 20.4 Å². The van der Waals surface area contributed by atoms with E-state index in [1.807, 2.05) is 13.0 Å². The monoisotopic (exact) mass is 314 g/mol. The van der Waals surface area contributed by atoms with Gasteiger partial charge in [-0.3, -0.25) is 9.59 Å². The number of nitrogens with one attached hydrogen (secondary N) is 2. The number of oxime groups is 1. The van der Waals surface area contributed by atoms with Gasteiger partial charge in [0.15, 0.2) is 0 Å². The molecule has 1 aliphatic rings. The first-order chi connectivity index (χ1) is 11.2. The Kier molecular flexibility index (Phi) is 4.36. The Bertz CT molecular complexity index is 812. The van der Waals surface area contributed by atoms with Crippen molar-refractivity contribution in [2.24, 2.45) is 5.16 Å². The summed E-state index contributed by atoms with van der Waals surface area (Å²) < 4.78 is 0. The molecule has 0 aliphatic carbocycles. The highest BCUT2D eigenvalue weighted by Crippen LogP contribution is 2.12. The van der Waals surface area contributed by atoms with E-state index in [0.29, 0.717) is 36.1 Å². The smallest absolute Gasteiger partial charge is 0.264 e. The molecule has 0 unspecified atom stereocenters. The number of carbonyl (C=O) groups excluding carboxylic acids is 1. The van der Waals surface area contributed by atoms with E-state index in [1.165, 1.54) is 0 Å². The molecule has 0 saturated carbocycles. The number of fused-ring (bicyclic) bond motifs is 1.